The number of hydrogen-bond acceptors (Lipinski definition) is 8. The molecule has 1 unspecified atom stereocenters. The third-order valence-corrected chi connectivity index (χ3v) is 4.65. The van der Waals surface area contributed by atoms with Crippen molar-refractivity contribution < 1.29 is 27.9 Å². The summed E-state index contributed by atoms with van der Waals surface area (Å²) in [7, 11) is 1.52. The van der Waals surface area contributed by atoms with Crippen LogP contribution in [0.25, 0.3) is 0 Å². The molecular formula is C20H18FN3O5S. The van der Waals surface area contributed by atoms with Crippen LogP contribution in [0.4, 0.5) is 4.39 Å². The molecule has 0 bridgehead atoms. The summed E-state index contributed by atoms with van der Waals surface area (Å²) in [6.07, 6.45) is -0.567. The molecule has 1 aromatic heterocycles. The van der Waals surface area contributed by atoms with E-state index < -0.39 is 17.9 Å². The smallest absolute Gasteiger partial charge is 0.277 e. The summed E-state index contributed by atoms with van der Waals surface area (Å²) in [5, 5.41) is 10.2. The molecule has 1 N–H and O–H groups in total. The van der Waals surface area contributed by atoms with E-state index in [2.05, 4.69) is 15.5 Å². The van der Waals surface area contributed by atoms with Crippen molar-refractivity contribution in [3.8, 4) is 11.5 Å². The van der Waals surface area contributed by atoms with Crippen molar-refractivity contribution >= 4 is 23.6 Å². The lowest BCUT2D eigenvalue weighted by Crippen LogP contribution is -2.31. The van der Waals surface area contributed by atoms with Gasteiger partial charge in [-0.3, -0.25) is 14.9 Å². The molecule has 0 radical (unpaired) electrons. The topological polar surface area (TPSA) is 104 Å². The highest BCUT2D eigenvalue weighted by Crippen LogP contribution is 2.24. The van der Waals surface area contributed by atoms with Crippen molar-refractivity contribution in [3.05, 3.63) is 65.8 Å². The quantitative estimate of drug-likeness (QED) is 0.541. The summed E-state index contributed by atoms with van der Waals surface area (Å²) >= 11 is 0.989. The van der Waals surface area contributed by atoms with Crippen molar-refractivity contribution in [1.29, 1.82) is 0 Å². The maximum absolute atomic E-state index is 12.9. The zero-order valence-corrected chi connectivity index (χ0v) is 16.9. The number of halogens is 1. The highest BCUT2D eigenvalue weighted by molar-refractivity contribution is 7.99. The molecular weight excluding hydrogens is 413 g/mol. The molecule has 30 heavy (non-hydrogen) atoms. The molecule has 1 atom stereocenters. The lowest BCUT2D eigenvalue weighted by Gasteiger charge is -2.10. The zero-order chi connectivity index (χ0) is 21.5. The summed E-state index contributed by atoms with van der Waals surface area (Å²) < 4.78 is 29.1. The third-order valence-electron chi connectivity index (χ3n) is 3.83. The first-order chi connectivity index (χ1) is 14.4. The molecule has 3 aromatic rings. The highest BCUT2D eigenvalue weighted by atomic mass is 32.2. The molecule has 0 aliphatic carbocycles. The molecule has 0 saturated heterocycles. The van der Waals surface area contributed by atoms with E-state index in [1.807, 2.05) is 0 Å². The van der Waals surface area contributed by atoms with E-state index in [9.17, 15) is 14.0 Å². The van der Waals surface area contributed by atoms with Gasteiger partial charge in [0.25, 0.3) is 17.0 Å². The van der Waals surface area contributed by atoms with Gasteiger partial charge >= 0.3 is 0 Å². The first-order valence-electron chi connectivity index (χ1n) is 8.81. The summed E-state index contributed by atoms with van der Waals surface area (Å²) in [6.45, 7) is 1.70. The van der Waals surface area contributed by atoms with Gasteiger partial charge in [-0.25, -0.2) is 4.39 Å². The van der Waals surface area contributed by atoms with Crippen LogP contribution < -0.4 is 14.8 Å². The first kappa shape index (κ1) is 21.3. The highest BCUT2D eigenvalue weighted by Gasteiger charge is 2.18. The number of methoxy groups -OCH3 is 1. The number of carbonyl (C=O) groups excluding carboxylic acids is 2. The number of thioether (sulfide) groups is 1. The number of rotatable bonds is 8. The van der Waals surface area contributed by atoms with Crippen LogP contribution in [-0.2, 0) is 4.79 Å². The molecule has 0 aliphatic heterocycles. The van der Waals surface area contributed by atoms with E-state index in [0.717, 1.165) is 11.8 Å². The number of benzene rings is 2. The van der Waals surface area contributed by atoms with E-state index in [1.54, 1.807) is 31.2 Å². The van der Waals surface area contributed by atoms with Crippen molar-refractivity contribution in [2.24, 2.45) is 0 Å². The van der Waals surface area contributed by atoms with Crippen LogP contribution in [0, 0.1) is 5.82 Å². The van der Waals surface area contributed by atoms with Crippen molar-refractivity contribution in [1.82, 2.24) is 15.5 Å². The maximum atomic E-state index is 12.9. The molecule has 2 aromatic carbocycles. The maximum Gasteiger partial charge on any atom is 0.277 e. The van der Waals surface area contributed by atoms with Crippen LogP contribution in [0.1, 0.15) is 29.3 Å². The van der Waals surface area contributed by atoms with Gasteiger partial charge in [-0.05, 0) is 55.5 Å². The monoisotopic (exact) mass is 431 g/mol. The predicted molar refractivity (Wildman–Crippen MR) is 106 cm³/mol. The molecule has 156 valence electrons. The Labute approximate surface area is 175 Å². The zero-order valence-electron chi connectivity index (χ0n) is 16.1. The summed E-state index contributed by atoms with van der Waals surface area (Å²) in [5.41, 5.74) is 0.334. The largest absolute Gasteiger partial charge is 0.497 e. The van der Waals surface area contributed by atoms with Crippen molar-refractivity contribution in [3.63, 3.8) is 0 Å². The standard InChI is InChI=1S/C20H18FN3O5S/c1-12(28-16-9-5-14(21)6-10-16)19-23-24-20(29-19)30-11-17(25)22-18(26)13-3-7-15(27-2)8-4-13/h3-10,12H,11H2,1-2H3,(H,22,25,26). The summed E-state index contributed by atoms with van der Waals surface area (Å²) in [4.78, 5) is 24.1. The average molecular weight is 431 g/mol. The Morgan fingerprint density at radius 1 is 1.10 bits per heavy atom. The Hall–Kier alpha value is -3.40. The van der Waals surface area contributed by atoms with E-state index >= 15 is 0 Å². The van der Waals surface area contributed by atoms with Crippen LogP contribution in [0.15, 0.2) is 58.2 Å². The normalized spacial score (nSPS) is 11.6. The minimum Gasteiger partial charge on any atom is -0.497 e. The van der Waals surface area contributed by atoms with Gasteiger partial charge in [0.05, 0.1) is 12.9 Å². The van der Waals surface area contributed by atoms with E-state index in [0.29, 0.717) is 17.1 Å². The van der Waals surface area contributed by atoms with Crippen molar-refractivity contribution in [2.75, 3.05) is 12.9 Å². The van der Waals surface area contributed by atoms with Crippen molar-refractivity contribution in [2.45, 2.75) is 18.3 Å². The number of amides is 2. The van der Waals surface area contributed by atoms with E-state index in [-0.39, 0.29) is 22.7 Å². The van der Waals surface area contributed by atoms with Crippen LogP contribution in [0.2, 0.25) is 0 Å². The number of imide groups is 1. The molecule has 0 saturated carbocycles. The molecule has 2 amide bonds. The number of nitrogens with one attached hydrogen (secondary N) is 1. The summed E-state index contributed by atoms with van der Waals surface area (Å²) in [5.74, 6) is -0.207. The Kier molecular flexibility index (Phi) is 7.02. The molecule has 0 fully saturated rings. The molecule has 1 heterocycles. The van der Waals surface area contributed by atoms with Gasteiger partial charge in [0, 0.05) is 5.56 Å². The van der Waals surface area contributed by atoms with Crippen LogP contribution >= 0.6 is 11.8 Å². The fraction of sp³-hybridized carbons (Fsp3) is 0.200. The minimum absolute atomic E-state index is 0.0866. The second-order valence-corrected chi connectivity index (χ2v) is 6.94. The lowest BCUT2D eigenvalue weighted by atomic mass is 10.2. The molecule has 3 rings (SSSR count). The Balaban J connectivity index is 1.48. The Bertz CT molecular complexity index is 1010. The van der Waals surface area contributed by atoms with Crippen LogP contribution in [0.3, 0.4) is 0 Å². The minimum atomic E-state index is -0.567. The molecule has 0 aliphatic rings. The van der Waals surface area contributed by atoms with Gasteiger partial charge in [-0.15, -0.1) is 10.2 Å². The second-order valence-electron chi connectivity index (χ2n) is 6.01. The van der Waals surface area contributed by atoms with Gasteiger partial charge < -0.3 is 13.9 Å². The molecule has 10 heteroatoms. The van der Waals surface area contributed by atoms with Crippen LogP contribution in [0.5, 0.6) is 11.5 Å². The first-order valence-corrected chi connectivity index (χ1v) is 9.80. The van der Waals surface area contributed by atoms with E-state index in [1.165, 1.54) is 31.4 Å². The Morgan fingerprint density at radius 3 is 2.43 bits per heavy atom. The van der Waals surface area contributed by atoms with Gasteiger partial charge in [0.15, 0.2) is 6.10 Å². The average Bonchev–Trinajstić information content (AvgIpc) is 3.23. The number of carbonyl (C=O) groups is 2. The number of nitrogens with zero attached hydrogens (tertiary/aromatic N) is 2. The SMILES string of the molecule is COc1ccc(C(=O)NC(=O)CSc2nnc(C(C)Oc3ccc(F)cc3)o2)cc1. The second kappa shape index (κ2) is 9.88. The fourth-order valence-corrected chi connectivity index (χ4v) is 2.88. The number of aromatic nitrogens is 2. The third kappa shape index (κ3) is 5.80. The fourth-order valence-electron chi connectivity index (χ4n) is 2.32. The van der Waals surface area contributed by atoms with Gasteiger partial charge in [-0.1, -0.05) is 11.8 Å². The Morgan fingerprint density at radius 2 is 1.77 bits per heavy atom. The molecule has 0 spiro atoms. The van der Waals surface area contributed by atoms with Gasteiger partial charge in [0.1, 0.15) is 17.3 Å². The van der Waals surface area contributed by atoms with Gasteiger partial charge in [0.2, 0.25) is 5.91 Å². The predicted octanol–water partition coefficient (Wildman–Crippen LogP) is 3.41. The van der Waals surface area contributed by atoms with Gasteiger partial charge in [-0.2, -0.15) is 0 Å². The number of ether oxygens (including phenoxy) is 2. The lowest BCUT2D eigenvalue weighted by molar-refractivity contribution is -0.117. The van der Waals surface area contributed by atoms with E-state index in [4.69, 9.17) is 13.9 Å². The van der Waals surface area contributed by atoms with Crippen LogP contribution in [-0.4, -0.2) is 34.9 Å². The summed E-state index contributed by atoms with van der Waals surface area (Å²) in [6, 6.07) is 11.9. The molecule has 8 nitrogen and oxygen atoms in total. The number of hydrogen-bond donors (Lipinski definition) is 1.